The molecule has 0 atom stereocenters. The van der Waals surface area contributed by atoms with E-state index in [1.54, 1.807) is 0 Å². The van der Waals surface area contributed by atoms with Crippen LogP contribution in [0.2, 0.25) is 0 Å². The molecule has 0 aliphatic rings. The van der Waals surface area contributed by atoms with Crippen LogP contribution in [0.3, 0.4) is 0 Å². The lowest BCUT2D eigenvalue weighted by molar-refractivity contribution is -0.115. The van der Waals surface area contributed by atoms with Crippen molar-refractivity contribution >= 4 is 11.6 Å². The zero-order valence-corrected chi connectivity index (χ0v) is 11.3. The monoisotopic (exact) mass is 284 g/mol. The molecule has 0 aliphatic carbocycles. The van der Waals surface area contributed by atoms with Gasteiger partial charge in [0, 0.05) is 6.54 Å². The number of hydrogen-bond acceptors (Lipinski definition) is 3. The highest BCUT2D eigenvalue weighted by Crippen LogP contribution is 2.17. The number of anilines is 1. The number of para-hydroxylation sites is 1. The molecule has 0 spiro atoms. The van der Waals surface area contributed by atoms with Crippen LogP contribution in [0.15, 0.2) is 30.4 Å². The van der Waals surface area contributed by atoms with Gasteiger partial charge in [-0.2, -0.15) is 0 Å². The minimum atomic E-state index is -0.803. The predicted molar refractivity (Wildman–Crippen MR) is 73.5 cm³/mol. The average Bonchev–Trinajstić information content (AvgIpc) is 2.38. The normalized spacial score (nSPS) is 10.3. The molecule has 6 heteroatoms. The molecule has 0 aliphatic heterocycles. The fraction of sp³-hybridized carbons (Fsp3) is 0.357. The third-order valence-corrected chi connectivity index (χ3v) is 2.28. The minimum Gasteiger partial charge on any atom is -0.376 e. The summed E-state index contributed by atoms with van der Waals surface area (Å²) in [6.07, 6.45) is 0. The molecule has 0 heterocycles. The van der Waals surface area contributed by atoms with Crippen LogP contribution in [-0.2, 0) is 9.53 Å². The van der Waals surface area contributed by atoms with Crippen molar-refractivity contribution in [3.63, 3.8) is 0 Å². The summed E-state index contributed by atoms with van der Waals surface area (Å²) >= 11 is 0. The lowest BCUT2D eigenvalue weighted by Gasteiger charge is -2.08. The second-order valence-electron chi connectivity index (χ2n) is 4.33. The molecule has 0 saturated heterocycles. The van der Waals surface area contributed by atoms with Gasteiger partial charge in [-0.05, 0) is 19.1 Å². The van der Waals surface area contributed by atoms with E-state index in [0.29, 0.717) is 19.8 Å². The first-order valence-electron chi connectivity index (χ1n) is 6.17. The molecule has 20 heavy (non-hydrogen) atoms. The number of halogens is 2. The van der Waals surface area contributed by atoms with Crippen molar-refractivity contribution in [1.82, 2.24) is 5.32 Å². The van der Waals surface area contributed by atoms with E-state index in [2.05, 4.69) is 17.2 Å². The molecule has 1 rings (SSSR count). The van der Waals surface area contributed by atoms with Gasteiger partial charge in [0.25, 0.3) is 0 Å². The number of amides is 1. The first-order valence-corrected chi connectivity index (χ1v) is 6.17. The SMILES string of the molecule is C=C(C)COCCNCC(=O)Nc1c(F)cccc1F. The number of ether oxygens (including phenoxy) is 1. The highest BCUT2D eigenvalue weighted by Gasteiger charge is 2.11. The summed E-state index contributed by atoms with van der Waals surface area (Å²) in [6.45, 7) is 6.83. The number of benzene rings is 1. The molecule has 1 aromatic rings. The van der Waals surface area contributed by atoms with Crippen LogP contribution < -0.4 is 10.6 Å². The van der Waals surface area contributed by atoms with E-state index in [9.17, 15) is 13.6 Å². The third-order valence-electron chi connectivity index (χ3n) is 2.28. The first-order chi connectivity index (χ1) is 9.50. The summed E-state index contributed by atoms with van der Waals surface area (Å²) in [5, 5.41) is 4.99. The summed E-state index contributed by atoms with van der Waals surface area (Å²) < 4.78 is 31.8. The number of carbonyl (C=O) groups is 1. The van der Waals surface area contributed by atoms with Gasteiger partial charge in [0.2, 0.25) is 5.91 Å². The Balaban J connectivity index is 2.25. The zero-order chi connectivity index (χ0) is 15.0. The van der Waals surface area contributed by atoms with Crippen molar-refractivity contribution < 1.29 is 18.3 Å². The molecule has 110 valence electrons. The van der Waals surface area contributed by atoms with Crippen LogP contribution in [0.5, 0.6) is 0 Å². The second kappa shape index (κ2) is 8.39. The van der Waals surface area contributed by atoms with Crippen LogP contribution in [0.25, 0.3) is 0 Å². The van der Waals surface area contributed by atoms with Crippen LogP contribution in [0.4, 0.5) is 14.5 Å². The summed E-state index contributed by atoms with van der Waals surface area (Å²) in [5.74, 6) is -2.12. The number of nitrogens with one attached hydrogen (secondary N) is 2. The highest BCUT2D eigenvalue weighted by atomic mass is 19.1. The molecule has 4 nitrogen and oxygen atoms in total. The smallest absolute Gasteiger partial charge is 0.238 e. The Morgan fingerprint density at radius 3 is 2.60 bits per heavy atom. The molecule has 0 radical (unpaired) electrons. The maximum absolute atomic E-state index is 13.3. The van der Waals surface area contributed by atoms with E-state index in [-0.39, 0.29) is 6.54 Å². The van der Waals surface area contributed by atoms with Crippen LogP contribution in [0.1, 0.15) is 6.92 Å². The molecular formula is C14H18F2N2O2. The van der Waals surface area contributed by atoms with Gasteiger partial charge in [0.15, 0.2) is 0 Å². The highest BCUT2D eigenvalue weighted by molar-refractivity contribution is 5.92. The van der Waals surface area contributed by atoms with Crippen molar-refractivity contribution in [2.24, 2.45) is 0 Å². The zero-order valence-electron chi connectivity index (χ0n) is 11.3. The summed E-state index contributed by atoms with van der Waals surface area (Å²) in [5.41, 5.74) is 0.482. The molecule has 0 unspecified atom stereocenters. The number of carbonyl (C=O) groups excluding carboxylic acids is 1. The topological polar surface area (TPSA) is 50.4 Å². The number of rotatable bonds is 8. The van der Waals surface area contributed by atoms with Crippen molar-refractivity contribution in [1.29, 1.82) is 0 Å². The van der Waals surface area contributed by atoms with Crippen molar-refractivity contribution in [2.75, 3.05) is 31.6 Å². The van der Waals surface area contributed by atoms with Gasteiger partial charge in [-0.1, -0.05) is 18.2 Å². The Morgan fingerprint density at radius 1 is 1.35 bits per heavy atom. The summed E-state index contributed by atoms with van der Waals surface area (Å²) in [6, 6.07) is 3.40. The van der Waals surface area contributed by atoms with Gasteiger partial charge in [0.1, 0.15) is 17.3 Å². The van der Waals surface area contributed by atoms with Gasteiger partial charge in [0.05, 0.1) is 19.8 Å². The lowest BCUT2D eigenvalue weighted by Crippen LogP contribution is -2.31. The molecule has 0 bridgehead atoms. The lowest BCUT2D eigenvalue weighted by atomic mass is 10.3. The fourth-order valence-corrected chi connectivity index (χ4v) is 1.39. The molecule has 1 aromatic carbocycles. The van der Waals surface area contributed by atoms with Gasteiger partial charge < -0.3 is 15.4 Å². The van der Waals surface area contributed by atoms with E-state index < -0.39 is 23.2 Å². The molecule has 0 fully saturated rings. The maximum Gasteiger partial charge on any atom is 0.238 e. The Morgan fingerprint density at radius 2 is 2.00 bits per heavy atom. The fourth-order valence-electron chi connectivity index (χ4n) is 1.39. The Labute approximate surface area is 116 Å². The van der Waals surface area contributed by atoms with Gasteiger partial charge in [-0.25, -0.2) is 8.78 Å². The van der Waals surface area contributed by atoms with Crippen molar-refractivity contribution in [3.05, 3.63) is 42.0 Å². The maximum atomic E-state index is 13.3. The quantitative estimate of drug-likeness (QED) is 0.567. The molecule has 2 N–H and O–H groups in total. The van der Waals surface area contributed by atoms with Gasteiger partial charge in [-0.3, -0.25) is 4.79 Å². The molecule has 1 amide bonds. The second-order valence-corrected chi connectivity index (χ2v) is 4.33. The van der Waals surface area contributed by atoms with Crippen LogP contribution in [0, 0.1) is 11.6 Å². The van der Waals surface area contributed by atoms with E-state index in [1.165, 1.54) is 6.07 Å². The third kappa shape index (κ3) is 5.90. The van der Waals surface area contributed by atoms with E-state index in [4.69, 9.17) is 4.74 Å². The van der Waals surface area contributed by atoms with Gasteiger partial charge in [-0.15, -0.1) is 0 Å². The molecule has 0 aromatic heterocycles. The van der Waals surface area contributed by atoms with Crippen LogP contribution in [-0.4, -0.2) is 32.2 Å². The van der Waals surface area contributed by atoms with E-state index in [0.717, 1.165) is 17.7 Å². The Kier molecular flexibility index (Phi) is 6.83. The molecular weight excluding hydrogens is 266 g/mol. The molecule has 0 saturated carbocycles. The Bertz CT molecular complexity index is 458. The standard InChI is InChI=1S/C14H18F2N2O2/c1-10(2)9-20-7-6-17-8-13(19)18-14-11(15)4-3-5-12(14)16/h3-5,17H,1,6-9H2,2H3,(H,18,19). The van der Waals surface area contributed by atoms with E-state index >= 15 is 0 Å². The largest absolute Gasteiger partial charge is 0.376 e. The van der Waals surface area contributed by atoms with Gasteiger partial charge >= 0.3 is 0 Å². The predicted octanol–water partition coefficient (Wildman–Crippen LogP) is 2.09. The average molecular weight is 284 g/mol. The minimum absolute atomic E-state index is 0.0514. The summed E-state index contributed by atoms with van der Waals surface area (Å²) in [4.78, 5) is 11.5. The van der Waals surface area contributed by atoms with E-state index in [1.807, 2.05) is 6.92 Å². The van der Waals surface area contributed by atoms with Crippen molar-refractivity contribution in [2.45, 2.75) is 6.92 Å². The first kappa shape index (κ1) is 16.3. The van der Waals surface area contributed by atoms with Crippen molar-refractivity contribution in [3.8, 4) is 0 Å². The Hall–Kier alpha value is -1.79. The van der Waals surface area contributed by atoms with Crippen LogP contribution >= 0.6 is 0 Å². The summed E-state index contributed by atoms with van der Waals surface area (Å²) in [7, 11) is 0. The number of hydrogen-bond donors (Lipinski definition) is 2.